The molecule has 1 heterocycles. The molecule has 36 heavy (non-hydrogen) atoms. The predicted molar refractivity (Wildman–Crippen MR) is 122 cm³/mol. The normalized spacial score (nSPS) is 22.6. The first kappa shape index (κ1) is 24.1. The number of carbonyl (C=O) groups is 3. The molecule has 3 aliphatic rings. The van der Waals surface area contributed by atoms with Gasteiger partial charge in [0, 0.05) is 35.7 Å². The zero-order chi connectivity index (χ0) is 25.6. The SMILES string of the molecule is O=C(O)CCC(=O)N(C1CC1)[C@H]1c2ccccc2N(C(=O)c2cccc(OC(F)(F)F)c2)[C@@H]2CC[C@@H]21. The van der Waals surface area contributed by atoms with Gasteiger partial charge in [0.1, 0.15) is 5.75 Å². The lowest BCUT2D eigenvalue weighted by atomic mass is 9.67. The van der Waals surface area contributed by atoms with Crippen molar-refractivity contribution in [3.05, 3.63) is 59.7 Å². The Morgan fingerprint density at radius 2 is 1.75 bits per heavy atom. The smallest absolute Gasteiger partial charge is 0.481 e. The molecular formula is C26H25F3N2O5. The molecule has 190 valence electrons. The first-order valence-corrected chi connectivity index (χ1v) is 12.0. The van der Waals surface area contributed by atoms with Gasteiger partial charge in [0.25, 0.3) is 5.91 Å². The van der Waals surface area contributed by atoms with Gasteiger partial charge in [0.2, 0.25) is 5.91 Å². The van der Waals surface area contributed by atoms with Crippen molar-refractivity contribution in [1.29, 1.82) is 0 Å². The predicted octanol–water partition coefficient (Wildman–Crippen LogP) is 4.92. The summed E-state index contributed by atoms with van der Waals surface area (Å²) in [5, 5.41) is 9.07. The van der Waals surface area contributed by atoms with Crippen molar-refractivity contribution >= 4 is 23.5 Å². The summed E-state index contributed by atoms with van der Waals surface area (Å²) in [4.78, 5) is 41.4. The zero-order valence-corrected chi connectivity index (χ0v) is 19.3. The highest BCUT2D eigenvalue weighted by molar-refractivity contribution is 6.07. The number of anilines is 1. The fourth-order valence-electron chi connectivity index (χ4n) is 5.43. The van der Waals surface area contributed by atoms with E-state index in [1.54, 1.807) is 17.0 Å². The molecule has 0 unspecified atom stereocenters. The van der Waals surface area contributed by atoms with Crippen LogP contribution in [-0.4, -0.2) is 46.2 Å². The summed E-state index contributed by atoms with van der Waals surface area (Å²) in [6, 6.07) is 11.9. The minimum atomic E-state index is -4.87. The van der Waals surface area contributed by atoms with Gasteiger partial charge in [-0.2, -0.15) is 0 Å². The Morgan fingerprint density at radius 1 is 1.00 bits per heavy atom. The van der Waals surface area contributed by atoms with E-state index in [1.807, 2.05) is 17.0 Å². The number of fused-ring (bicyclic) bond motifs is 2. The quantitative estimate of drug-likeness (QED) is 0.581. The van der Waals surface area contributed by atoms with Gasteiger partial charge in [-0.15, -0.1) is 13.2 Å². The summed E-state index contributed by atoms with van der Waals surface area (Å²) >= 11 is 0. The van der Waals surface area contributed by atoms with E-state index in [1.165, 1.54) is 12.1 Å². The number of para-hydroxylation sites is 1. The number of rotatable bonds is 7. The van der Waals surface area contributed by atoms with Gasteiger partial charge < -0.3 is 19.6 Å². The van der Waals surface area contributed by atoms with Crippen LogP contribution in [0.25, 0.3) is 0 Å². The summed E-state index contributed by atoms with van der Waals surface area (Å²) in [5.41, 5.74) is 1.49. The molecule has 2 aromatic rings. The van der Waals surface area contributed by atoms with Crippen LogP contribution in [0.1, 0.15) is 60.5 Å². The van der Waals surface area contributed by atoms with E-state index in [0.717, 1.165) is 37.0 Å². The van der Waals surface area contributed by atoms with E-state index < -0.39 is 24.0 Å². The number of carboxylic acids is 1. The second-order valence-corrected chi connectivity index (χ2v) is 9.49. The van der Waals surface area contributed by atoms with Crippen molar-refractivity contribution in [2.24, 2.45) is 5.92 Å². The van der Waals surface area contributed by atoms with E-state index >= 15 is 0 Å². The molecule has 0 aromatic heterocycles. The molecule has 1 N–H and O–H groups in total. The fraction of sp³-hybridized carbons (Fsp3) is 0.423. The third kappa shape index (κ3) is 4.64. The first-order chi connectivity index (χ1) is 17.1. The number of ether oxygens (including phenoxy) is 1. The van der Waals surface area contributed by atoms with Crippen LogP contribution in [0.5, 0.6) is 5.75 Å². The molecule has 10 heteroatoms. The van der Waals surface area contributed by atoms with Gasteiger partial charge >= 0.3 is 12.3 Å². The Labute approximate surface area is 205 Å². The molecule has 2 amide bonds. The number of benzene rings is 2. The second-order valence-electron chi connectivity index (χ2n) is 9.49. The Kier molecular flexibility index (Phi) is 6.13. The van der Waals surface area contributed by atoms with Crippen molar-refractivity contribution in [3.8, 4) is 5.75 Å². The number of carboxylic acid groups (broad SMARTS) is 1. The van der Waals surface area contributed by atoms with Crippen LogP contribution in [0.15, 0.2) is 48.5 Å². The van der Waals surface area contributed by atoms with Gasteiger partial charge in [-0.25, -0.2) is 0 Å². The third-order valence-corrected chi connectivity index (χ3v) is 7.16. The van der Waals surface area contributed by atoms with E-state index in [2.05, 4.69) is 4.74 Å². The number of aliphatic carboxylic acids is 1. The highest BCUT2D eigenvalue weighted by atomic mass is 19.4. The lowest BCUT2D eigenvalue weighted by Crippen LogP contribution is -2.59. The fourth-order valence-corrected chi connectivity index (χ4v) is 5.43. The maximum Gasteiger partial charge on any atom is 0.573 e. The molecule has 7 nitrogen and oxygen atoms in total. The number of amides is 2. The Hall–Kier alpha value is -3.56. The molecule has 2 aliphatic carbocycles. The van der Waals surface area contributed by atoms with Crippen LogP contribution < -0.4 is 9.64 Å². The maximum absolute atomic E-state index is 13.6. The number of nitrogens with zero attached hydrogens (tertiary/aromatic N) is 2. The minimum absolute atomic E-state index is 0.0454. The monoisotopic (exact) mass is 502 g/mol. The van der Waals surface area contributed by atoms with E-state index in [9.17, 15) is 27.6 Å². The van der Waals surface area contributed by atoms with Crippen molar-refractivity contribution in [2.45, 2.75) is 63.0 Å². The first-order valence-electron chi connectivity index (χ1n) is 12.0. The highest BCUT2D eigenvalue weighted by Crippen LogP contribution is 2.54. The summed E-state index contributed by atoms with van der Waals surface area (Å²) < 4.78 is 42.2. The molecule has 0 spiro atoms. The highest BCUT2D eigenvalue weighted by Gasteiger charge is 2.53. The van der Waals surface area contributed by atoms with Crippen molar-refractivity contribution < 1.29 is 37.4 Å². The molecular weight excluding hydrogens is 477 g/mol. The number of carbonyl (C=O) groups excluding carboxylic acids is 2. The molecule has 5 rings (SSSR count). The number of alkyl halides is 3. The van der Waals surface area contributed by atoms with Crippen LogP contribution in [-0.2, 0) is 9.59 Å². The van der Waals surface area contributed by atoms with Crippen LogP contribution in [0.2, 0.25) is 0 Å². The van der Waals surface area contributed by atoms with Crippen LogP contribution in [0.3, 0.4) is 0 Å². The van der Waals surface area contributed by atoms with E-state index in [4.69, 9.17) is 5.11 Å². The maximum atomic E-state index is 13.6. The number of hydrogen-bond acceptors (Lipinski definition) is 4. The topological polar surface area (TPSA) is 87.2 Å². The van der Waals surface area contributed by atoms with Gasteiger partial charge in [0.05, 0.1) is 12.5 Å². The van der Waals surface area contributed by atoms with Crippen molar-refractivity contribution in [2.75, 3.05) is 4.90 Å². The Bertz CT molecular complexity index is 1200. The second kappa shape index (κ2) is 9.15. The average molecular weight is 502 g/mol. The van der Waals surface area contributed by atoms with Gasteiger partial charge in [-0.05, 0) is 55.5 Å². The summed E-state index contributed by atoms with van der Waals surface area (Å²) in [6.45, 7) is 0. The van der Waals surface area contributed by atoms with Crippen LogP contribution in [0, 0.1) is 5.92 Å². The van der Waals surface area contributed by atoms with E-state index in [-0.39, 0.29) is 48.4 Å². The van der Waals surface area contributed by atoms with Gasteiger partial charge in [0.15, 0.2) is 0 Å². The van der Waals surface area contributed by atoms with Crippen LogP contribution >= 0.6 is 0 Å². The Morgan fingerprint density at radius 3 is 2.39 bits per heavy atom. The van der Waals surface area contributed by atoms with Crippen LogP contribution in [0.4, 0.5) is 18.9 Å². The summed E-state index contributed by atoms with van der Waals surface area (Å²) in [6.07, 6.45) is -2.03. The molecule has 2 fully saturated rings. The third-order valence-electron chi connectivity index (χ3n) is 7.16. The summed E-state index contributed by atoms with van der Waals surface area (Å²) in [5.74, 6) is -2.18. The zero-order valence-electron chi connectivity index (χ0n) is 19.3. The molecule has 1 aliphatic heterocycles. The summed E-state index contributed by atoms with van der Waals surface area (Å²) in [7, 11) is 0. The average Bonchev–Trinajstić information content (AvgIpc) is 3.63. The number of hydrogen-bond donors (Lipinski definition) is 1. The molecule has 0 saturated heterocycles. The van der Waals surface area contributed by atoms with Gasteiger partial charge in [-0.1, -0.05) is 24.3 Å². The minimum Gasteiger partial charge on any atom is -0.481 e. The van der Waals surface area contributed by atoms with Gasteiger partial charge in [-0.3, -0.25) is 14.4 Å². The standard InChI is InChI=1S/C26H25F3N2O5/c27-26(28,29)36-17-5-3-4-15(14-17)25(35)31-20-7-2-1-6-18(20)24(19-10-11-21(19)31)30(16-8-9-16)22(32)12-13-23(33)34/h1-7,14,16,19,21,24H,8-13H2,(H,33,34)/t19-,21+,24-/m0/s1. The molecule has 2 aromatic carbocycles. The lowest BCUT2D eigenvalue weighted by Gasteiger charge is -2.55. The molecule has 2 saturated carbocycles. The molecule has 0 bridgehead atoms. The lowest BCUT2D eigenvalue weighted by molar-refractivity contribution is -0.274. The molecule has 0 radical (unpaired) electrons. The van der Waals surface area contributed by atoms with E-state index in [0.29, 0.717) is 12.1 Å². The largest absolute Gasteiger partial charge is 0.573 e. The Balaban J connectivity index is 1.49. The number of halogens is 3. The van der Waals surface area contributed by atoms with Crippen molar-refractivity contribution in [3.63, 3.8) is 0 Å². The molecule has 3 atom stereocenters. The van der Waals surface area contributed by atoms with Crippen molar-refractivity contribution in [1.82, 2.24) is 4.90 Å².